The zero-order chi connectivity index (χ0) is 14.0. The van der Waals surface area contributed by atoms with Crippen LogP contribution in [0.1, 0.15) is 24.5 Å². The highest BCUT2D eigenvalue weighted by atomic mass is 14.7. The second-order valence-electron chi connectivity index (χ2n) is 5.07. The van der Waals surface area contributed by atoms with Gasteiger partial charge in [-0.2, -0.15) is 0 Å². The van der Waals surface area contributed by atoms with Crippen LogP contribution in [0.3, 0.4) is 0 Å². The molecule has 0 saturated heterocycles. The van der Waals surface area contributed by atoms with Crippen molar-refractivity contribution in [3.05, 3.63) is 78.0 Å². The third-order valence-electron chi connectivity index (χ3n) is 3.97. The number of hydrogen-bond acceptors (Lipinski definition) is 2. The van der Waals surface area contributed by atoms with E-state index in [1.54, 1.807) is 0 Å². The predicted octanol–water partition coefficient (Wildman–Crippen LogP) is 3.85. The Morgan fingerprint density at radius 2 is 1.75 bits per heavy atom. The van der Waals surface area contributed by atoms with E-state index in [4.69, 9.17) is 5.73 Å². The molecule has 1 heterocycles. The van der Waals surface area contributed by atoms with Gasteiger partial charge in [0, 0.05) is 11.6 Å². The van der Waals surface area contributed by atoms with Gasteiger partial charge in [0.2, 0.25) is 0 Å². The van der Waals surface area contributed by atoms with E-state index in [0.29, 0.717) is 0 Å². The summed E-state index contributed by atoms with van der Waals surface area (Å²) in [6, 6.07) is 20.5. The molecule has 0 fully saturated rings. The summed E-state index contributed by atoms with van der Waals surface area (Å²) in [6.07, 6.45) is 2.66. The first-order valence-corrected chi connectivity index (χ1v) is 6.94. The number of aromatic nitrogens is 1. The SMILES string of the molecule is CCC(N)(c1ccccc1)c1cccc2ncccc12. The third kappa shape index (κ3) is 1.98. The molecule has 0 bridgehead atoms. The molecule has 3 rings (SSSR count). The lowest BCUT2D eigenvalue weighted by molar-refractivity contribution is 0.523. The van der Waals surface area contributed by atoms with Crippen LogP contribution in [-0.4, -0.2) is 4.98 Å². The molecular weight excluding hydrogens is 244 g/mol. The highest BCUT2D eigenvalue weighted by Crippen LogP contribution is 2.34. The monoisotopic (exact) mass is 262 g/mol. The molecule has 0 aliphatic carbocycles. The average Bonchev–Trinajstić information content (AvgIpc) is 2.54. The van der Waals surface area contributed by atoms with Gasteiger partial charge in [-0.3, -0.25) is 4.98 Å². The maximum atomic E-state index is 6.78. The second kappa shape index (κ2) is 5.06. The van der Waals surface area contributed by atoms with Crippen LogP contribution < -0.4 is 5.73 Å². The summed E-state index contributed by atoms with van der Waals surface area (Å²) in [4.78, 5) is 4.43. The van der Waals surface area contributed by atoms with Gasteiger partial charge in [-0.05, 0) is 29.7 Å². The molecule has 1 atom stereocenters. The molecule has 1 aromatic heterocycles. The van der Waals surface area contributed by atoms with E-state index in [0.717, 1.165) is 28.5 Å². The zero-order valence-corrected chi connectivity index (χ0v) is 11.6. The van der Waals surface area contributed by atoms with Gasteiger partial charge in [0.05, 0.1) is 11.1 Å². The van der Waals surface area contributed by atoms with Crippen molar-refractivity contribution in [2.45, 2.75) is 18.9 Å². The third-order valence-corrected chi connectivity index (χ3v) is 3.97. The van der Waals surface area contributed by atoms with Crippen LogP contribution in [0.4, 0.5) is 0 Å². The topological polar surface area (TPSA) is 38.9 Å². The summed E-state index contributed by atoms with van der Waals surface area (Å²) in [7, 11) is 0. The molecular formula is C18H18N2. The fourth-order valence-corrected chi connectivity index (χ4v) is 2.78. The van der Waals surface area contributed by atoms with Gasteiger partial charge < -0.3 is 5.73 Å². The highest BCUT2D eigenvalue weighted by molar-refractivity contribution is 5.83. The molecule has 0 spiro atoms. The Bertz CT molecular complexity index is 716. The second-order valence-corrected chi connectivity index (χ2v) is 5.07. The minimum Gasteiger partial charge on any atom is -0.318 e. The van der Waals surface area contributed by atoms with Crippen molar-refractivity contribution in [2.75, 3.05) is 0 Å². The molecule has 2 heteroatoms. The van der Waals surface area contributed by atoms with Crippen molar-refractivity contribution in [1.82, 2.24) is 4.98 Å². The van der Waals surface area contributed by atoms with E-state index in [9.17, 15) is 0 Å². The Morgan fingerprint density at radius 1 is 0.950 bits per heavy atom. The average molecular weight is 262 g/mol. The summed E-state index contributed by atoms with van der Waals surface area (Å²) in [6.45, 7) is 2.13. The predicted molar refractivity (Wildman–Crippen MR) is 83.4 cm³/mol. The lowest BCUT2D eigenvalue weighted by Crippen LogP contribution is -2.37. The van der Waals surface area contributed by atoms with Crippen molar-refractivity contribution in [3.8, 4) is 0 Å². The number of fused-ring (bicyclic) bond motifs is 1. The lowest BCUT2D eigenvalue weighted by atomic mass is 9.80. The summed E-state index contributed by atoms with van der Waals surface area (Å²) in [5.41, 5.74) is 9.56. The number of nitrogens with zero attached hydrogens (tertiary/aromatic N) is 1. The van der Waals surface area contributed by atoms with Crippen molar-refractivity contribution in [1.29, 1.82) is 0 Å². The molecule has 20 heavy (non-hydrogen) atoms. The largest absolute Gasteiger partial charge is 0.318 e. The maximum Gasteiger partial charge on any atom is 0.0705 e. The highest BCUT2D eigenvalue weighted by Gasteiger charge is 2.29. The van der Waals surface area contributed by atoms with Crippen LogP contribution in [-0.2, 0) is 5.54 Å². The molecule has 2 nitrogen and oxygen atoms in total. The van der Waals surface area contributed by atoms with Crippen LogP contribution in [0.5, 0.6) is 0 Å². The lowest BCUT2D eigenvalue weighted by Gasteiger charge is -2.30. The van der Waals surface area contributed by atoms with E-state index in [2.05, 4.69) is 36.2 Å². The first-order chi connectivity index (χ1) is 9.75. The fourth-order valence-electron chi connectivity index (χ4n) is 2.78. The molecule has 0 amide bonds. The van der Waals surface area contributed by atoms with E-state index in [1.165, 1.54) is 0 Å². The van der Waals surface area contributed by atoms with Gasteiger partial charge in [-0.25, -0.2) is 0 Å². The molecule has 2 aromatic carbocycles. The number of hydrogen-bond donors (Lipinski definition) is 1. The van der Waals surface area contributed by atoms with Crippen molar-refractivity contribution in [2.24, 2.45) is 5.73 Å². The van der Waals surface area contributed by atoms with E-state index in [-0.39, 0.29) is 0 Å². The van der Waals surface area contributed by atoms with Gasteiger partial charge in [-0.15, -0.1) is 0 Å². The van der Waals surface area contributed by atoms with Crippen LogP contribution in [0.15, 0.2) is 66.9 Å². The summed E-state index contributed by atoms with van der Waals surface area (Å²) < 4.78 is 0. The number of nitrogens with two attached hydrogens (primary N) is 1. The van der Waals surface area contributed by atoms with Gasteiger partial charge in [0.25, 0.3) is 0 Å². The first kappa shape index (κ1) is 12.8. The number of rotatable bonds is 3. The van der Waals surface area contributed by atoms with E-state index in [1.807, 2.05) is 42.6 Å². The van der Waals surface area contributed by atoms with Gasteiger partial charge in [0.15, 0.2) is 0 Å². The van der Waals surface area contributed by atoms with Gasteiger partial charge in [0.1, 0.15) is 0 Å². The molecule has 0 radical (unpaired) electrons. The van der Waals surface area contributed by atoms with Crippen molar-refractivity contribution < 1.29 is 0 Å². The van der Waals surface area contributed by atoms with Crippen molar-refractivity contribution in [3.63, 3.8) is 0 Å². The van der Waals surface area contributed by atoms with Crippen molar-refractivity contribution >= 4 is 10.9 Å². The van der Waals surface area contributed by atoms with Crippen LogP contribution >= 0.6 is 0 Å². The molecule has 0 aliphatic heterocycles. The van der Waals surface area contributed by atoms with Gasteiger partial charge in [-0.1, -0.05) is 55.5 Å². The molecule has 0 aliphatic rings. The summed E-state index contributed by atoms with van der Waals surface area (Å²) in [5, 5.41) is 1.13. The number of pyridine rings is 1. The van der Waals surface area contributed by atoms with E-state index >= 15 is 0 Å². The molecule has 2 N–H and O–H groups in total. The smallest absolute Gasteiger partial charge is 0.0705 e. The molecule has 0 saturated carbocycles. The number of benzene rings is 2. The molecule has 1 unspecified atom stereocenters. The standard InChI is InChI=1S/C18H18N2/c1-2-18(19,14-8-4-3-5-9-14)16-11-6-12-17-15(16)10-7-13-20-17/h3-13H,2,19H2,1H3. The summed E-state index contributed by atoms with van der Waals surface area (Å²) >= 11 is 0. The van der Waals surface area contributed by atoms with Gasteiger partial charge >= 0.3 is 0 Å². The Balaban J connectivity index is 2.27. The maximum absolute atomic E-state index is 6.78. The van der Waals surface area contributed by atoms with Crippen LogP contribution in [0.2, 0.25) is 0 Å². The summed E-state index contributed by atoms with van der Waals surface area (Å²) in [5.74, 6) is 0. The first-order valence-electron chi connectivity index (χ1n) is 6.94. The quantitative estimate of drug-likeness (QED) is 0.778. The van der Waals surface area contributed by atoms with E-state index < -0.39 is 5.54 Å². The van der Waals surface area contributed by atoms with Crippen LogP contribution in [0.25, 0.3) is 10.9 Å². The van der Waals surface area contributed by atoms with Crippen LogP contribution in [0, 0.1) is 0 Å². The fraction of sp³-hybridized carbons (Fsp3) is 0.167. The Kier molecular flexibility index (Phi) is 3.25. The Morgan fingerprint density at radius 3 is 2.50 bits per heavy atom. The molecule has 3 aromatic rings. The Hall–Kier alpha value is -2.19. The normalized spacial score (nSPS) is 14.1. The minimum absolute atomic E-state index is 0.482. The minimum atomic E-state index is -0.482. The zero-order valence-electron chi connectivity index (χ0n) is 11.6. The Labute approximate surface area is 119 Å². The molecule has 100 valence electrons.